The van der Waals surface area contributed by atoms with Crippen molar-refractivity contribution in [2.24, 2.45) is 0 Å². The minimum absolute atomic E-state index is 0.0132. The summed E-state index contributed by atoms with van der Waals surface area (Å²) < 4.78 is 34.4. The van der Waals surface area contributed by atoms with Crippen LogP contribution in [-0.4, -0.2) is 74.9 Å². The molecule has 9 nitrogen and oxygen atoms in total. The van der Waals surface area contributed by atoms with Gasteiger partial charge in [-0.05, 0) is 128 Å². The second-order valence-corrected chi connectivity index (χ2v) is 21.0. The molecule has 10 heteroatoms. The van der Waals surface area contributed by atoms with Crippen LogP contribution in [0.15, 0.2) is 158 Å². The molecule has 2 atom stereocenters. The third-order valence-corrected chi connectivity index (χ3v) is 12.3. The number of hydrogen-bond acceptors (Lipinski definition) is 7. The fourth-order valence-electron chi connectivity index (χ4n) is 6.87. The molecule has 0 spiro atoms. The van der Waals surface area contributed by atoms with Gasteiger partial charge in [0.05, 0.1) is 27.7 Å². The van der Waals surface area contributed by atoms with E-state index in [1.165, 1.54) is 19.3 Å². The molecule has 0 radical (unpaired) electrons. The number of quaternary nitrogens is 1. The monoisotopic (exact) mass is 1060 g/mol. The van der Waals surface area contributed by atoms with Gasteiger partial charge in [0.25, 0.3) is 0 Å². The number of ether oxygens (including phenoxy) is 2. The molecule has 2 unspecified atom stereocenters. The number of phosphoric ester groups is 1. The van der Waals surface area contributed by atoms with Crippen molar-refractivity contribution in [3.63, 3.8) is 0 Å². The first-order valence-corrected chi connectivity index (χ1v) is 30.2. The molecule has 0 bridgehead atoms. The lowest BCUT2D eigenvalue weighted by Crippen LogP contribution is -2.37. The van der Waals surface area contributed by atoms with Crippen molar-refractivity contribution in [3.05, 3.63) is 158 Å². The number of hydrogen-bond donors (Lipinski definition) is 1. The van der Waals surface area contributed by atoms with Crippen LogP contribution in [0.4, 0.5) is 0 Å². The molecule has 0 aliphatic rings. The second-order valence-electron chi connectivity index (χ2n) is 19.6. The fourth-order valence-corrected chi connectivity index (χ4v) is 7.61. The van der Waals surface area contributed by atoms with Crippen LogP contribution < -0.4 is 0 Å². The number of rotatable bonds is 50. The van der Waals surface area contributed by atoms with E-state index in [1.807, 2.05) is 21.1 Å². The summed E-state index contributed by atoms with van der Waals surface area (Å²) in [5, 5.41) is 0. The average Bonchev–Trinajstić information content (AvgIpc) is 3.37. The van der Waals surface area contributed by atoms with E-state index < -0.39 is 32.5 Å². The Morgan fingerprint density at radius 1 is 0.427 bits per heavy atom. The maximum atomic E-state index is 12.8. The fraction of sp³-hybridized carbons (Fsp3) is 0.569. The van der Waals surface area contributed by atoms with Crippen LogP contribution in [0.1, 0.15) is 187 Å². The van der Waals surface area contributed by atoms with Gasteiger partial charge in [-0.2, -0.15) is 0 Å². The van der Waals surface area contributed by atoms with Gasteiger partial charge in [0.2, 0.25) is 0 Å². The van der Waals surface area contributed by atoms with Gasteiger partial charge in [-0.25, -0.2) is 4.57 Å². The van der Waals surface area contributed by atoms with Crippen molar-refractivity contribution >= 4 is 19.8 Å². The van der Waals surface area contributed by atoms with Crippen molar-refractivity contribution in [1.29, 1.82) is 0 Å². The van der Waals surface area contributed by atoms with Gasteiger partial charge in [0, 0.05) is 12.8 Å². The number of nitrogens with zero attached hydrogens (tertiary/aromatic N) is 1. The molecular weight excluding hydrogens is 954 g/mol. The Kier molecular flexibility index (Phi) is 51.2. The zero-order valence-corrected chi connectivity index (χ0v) is 48.6. The highest BCUT2D eigenvalue weighted by atomic mass is 31.2. The van der Waals surface area contributed by atoms with Crippen molar-refractivity contribution in [2.75, 3.05) is 47.5 Å². The third-order valence-electron chi connectivity index (χ3n) is 11.3. The molecule has 0 saturated carbocycles. The zero-order valence-electron chi connectivity index (χ0n) is 47.7. The summed E-state index contributed by atoms with van der Waals surface area (Å²) >= 11 is 0. The van der Waals surface area contributed by atoms with Crippen LogP contribution in [-0.2, 0) is 32.7 Å². The number of carbonyl (C=O) groups excluding carboxylic acids is 2. The molecule has 0 aromatic carbocycles. The lowest BCUT2D eigenvalue weighted by atomic mass is 10.1. The lowest BCUT2D eigenvalue weighted by molar-refractivity contribution is -0.870. The Labute approximate surface area is 458 Å². The SMILES string of the molecule is CC/C=C\C/C=C\C/C=C\C/C=C\C/C=C\C/C=C\C/C=C\C/C=C\C/C=C\C/C=C\C/C=C\C/C=C\CCCCC(=O)OC(COC(=O)CCCCCCC/C=C\CCCCC)COP(=O)(O)OCC[N+](C)(C)C. The summed E-state index contributed by atoms with van der Waals surface area (Å²) in [4.78, 5) is 35.5. The molecule has 0 amide bonds. The third kappa shape index (κ3) is 58.7. The van der Waals surface area contributed by atoms with Gasteiger partial charge in [-0.15, -0.1) is 0 Å². The molecule has 422 valence electrons. The largest absolute Gasteiger partial charge is 0.472 e. The van der Waals surface area contributed by atoms with Gasteiger partial charge in [0.15, 0.2) is 6.10 Å². The quantitative estimate of drug-likeness (QED) is 0.0211. The predicted octanol–water partition coefficient (Wildman–Crippen LogP) is 18.1. The Hall–Kier alpha value is -4.37. The summed E-state index contributed by atoms with van der Waals surface area (Å²) in [5.41, 5.74) is 0. The molecule has 0 rings (SSSR count). The highest BCUT2D eigenvalue weighted by molar-refractivity contribution is 7.47. The van der Waals surface area contributed by atoms with Crippen LogP contribution in [0.2, 0.25) is 0 Å². The van der Waals surface area contributed by atoms with E-state index in [9.17, 15) is 19.0 Å². The van der Waals surface area contributed by atoms with Crippen LogP contribution in [0.25, 0.3) is 0 Å². The Morgan fingerprint density at radius 3 is 1.17 bits per heavy atom. The van der Waals surface area contributed by atoms with Crippen LogP contribution in [0.5, 0.6) is 0 Å². The van der Waals surface area contributed by atoms with Gasteiger partial charge >= 0.3 is 19.8 Å². The van der Waals surface area contributed by atoms with Crippen molar-refractivity contribution < 1.29 is 42.1 Å². The van der Waals surface area contributed by atoms with Crippen LogP contribution in [0.3, 0.4) is 0 Å². The standard InChI is InChI=1S/C65H104NO8P/c1-6-8-10-12-14-16-18-20-21-22-23-24-25-26-27-28-29-30-31-32-33-34-35-36-37-38-39-40-41-42-43-44-45-46-48-50-52-54-56-58-65(68)74-63(62-73-75(69,70)72-60-59-66(3,4)5)61-71-64(67)57-55-53-51-49-47-19-17-15-13-11-9-7-2/h8,10,14-17,20-21,23-24,26-27,29-30,32-33,35-36,38-39,41-42,44-45,48,50,63H,6-7,9,11-13,18-19,22,25,28,31,34,37,40,43,46-47,49,51-62H2,1-5H3/p+1/b10-8-,16-14-,17-15-,21-20-,24-23-,27-26-,30-29-,33-32-,36-35-,39-38-,42-41-,45-44-,50-48-. The maximum Gasteiger partial charge on any atom is 0.472 e. The number of esters is 2. The number of allylic oxidation sites excluding steroid dienone is 26. The molecule has 75 heavy (non-hydrogen) atoms. The molecule has 0 aliphatic carbocycles. The van der Waals surface area contributed by atoms with Gasteiger partial charge in [0.1, 0.15) is 19.8 Å². The smallest absolute Gasteiger partial charge is 0.462 e. The minimum atomic E-state index is -4.41. The summed E-state index contributed by atoms with van der Waals surface area (Å²) in [6.45, 7) is 4.19. The molecule has 1 N–H and O–H groups in total. The first-order chi connectivity index (χ1) is 36.5. The van der Waals surface area contributed by atoms with E-state index >= 15 is 0 Å². The Bertz CT molecular complexity index is 1820. The summed E-state index contributed by atoms with van der Waals surface area (Å²) in [6.07, 6.45) is 81.9. The van der Waals surface area contributed by atoms with Gasteiger partial charge in [-0.1, -0.05) is 204 Å². The van der Waals surface area contributed by atoms with Crippen LogP contribution >= 0.6 is 7.82 Å². The highest BCUT2D eigenvalue weighted by Crippen LogP contribution is 2.43. The minimum Gasteiger partial charge on any atom is -0.462 e. The number of carbonyl (C=O) groups is 2. The number of unbranched alkanes of at least 4 members (excludes halogenated alkanes) is 10. The Balaban J connectivity index is 4.24. The van der Waals surface area contributed by atoms with Crippen molar-refractivity contribution in [1.82, 2.24) is 0 Å². The molecule has 0 heterocycles. The normalized spacial score (nSPS) is 14.5. The number of likely N-dealkylation sites (N-methyl/N-ethyl adjacent to an activating group) is 1. The number of phosphoric acid groups is 1. The molecule has 0 aromatic rings. The van der Waals surface area contributed by atoms with Gasteiger partial charge < -0.3 is 18.9 Å². The first kappa shape index (κ1) is 70.6. The molecule has 0 saturated heterocycles. The zero-order chi connectivity index (χ0) is 54.9. The van der Waals surface area contributed by atoms with Crippen LogP contribution in [0, 0.1) is 0 Å². The van der Waals surface area contributed by atoms with Gasteiger partial charge in [-0.3, -0.25) is 18.6 Å². The lowest BCUT2D eigenvalue weighted by Gasteiger charge is -2.24. The average molecular weight is 1060 g/mol. The summed E-state index contributed by atoms with van der Waals surface area (Å²) in [5.74, 6) is -0.875. The van der Waals surface area contributed by atoms with E-state index in [1.54, 1.807) is 0 Å². The van der Waals surface area contributed by atoms with E-state index in [4.69, 9.17) is 18.5 Å². The molecule has 0 aliphatic heterocycles. The first-order valence-electron chi connectivity index (χ1n) is 28.7. The second kappa shape index (κ2) is 54.4. The molecule has 0 aromatic heterocycles. The van der Waals surface area contributed by atoms with E-state index in [-0.39, 0.29) is 26.1 Å². The Morgan fingerprint density at radius 2 is 0.760 bits per heavy atom. The highest BCUT2D eigenvalue weighted by Gasteiger charge is 2.27. The summed E-state index contributed by atoms with van der Waals surface area (Å²) in [7, 11) is 1.42. The maximum absolute atomic E-state index is 12.8. The van der Waals surface area contributed by atoms with E-state index in [0.717, 1.165) is 128 Å². The van der Waals surface area contributed by atoms with Crippen molar-refractivity contribution in [2.45, 2.75) is 193 Å². The molecular formula is C65H105NO8P+. The van der Waals surface area contributed by atoms with Crippen molar-refractivity contribution in [3.8, 4) is 0 Å². The van der Waals surface area contributed by atoms with E-state index in [2.05, 4.69) is 172 Å². The predicted molar refractivity (Wildman–Crippen MR) is 320 cm³/mol. The summed E-state index contributed by atoms with van der Waals surface area (Å²) in [6, 6.07) is 0. The topological polar surface area (TPSA) is 108 Å². The molecule has 0 fully saturated rings. The van der Waals surface area contributed by atoms with E-state index in [0.29, 0.717) is 23.9 Å².